The van der Waals surface area contributed by atoms with E-state index in [1.54, 1.807) is 19.1 Å². The van der Waals surface area contributed by atoms with Crippen LogP contribution in [0.15, 0.2) is 56.3 Å². The standard InChI is InChI=1S/C15H14Br2N2O4S/c1-9(23-14-7-2-10(16)8-13(14)17)15(20)19-11-3-5-12(6-4-11)24(18,21)22/h2-9H,1H3,(H,19,20)(H2,18,21,22)/t9-/m0/s1. The fourth-order valence-corrected chi connectivity index (χ4v) is 3.44. The van der Waals surface area contributed by atoms with E-state index in [9.17, 15) is 13.2 Å². The van der Waals surface area contributed by atoms with Crippen molar-refractivity contribution in [2.24, 2.45) is 5.14 Å². The van der Waals surface area contributed by atoms with Gasteiger partial charge >= 0.3 is 0 Å². The Morgan fingerprint density at radius 3 is 2.33 bits per heavy atom. The van der Waals surface area contributed by atoms with Crippen molar-refractivity contribution in [2.75, 3.05) is 5.32 Å². The van der Waals surface area contributed by atoms with E-state index < -0.39 is 16.1 Å². The van der Waals surface area contributed by atoms with E-state index in [2.05, 4.69) is 37.2 Å². The molecule has 128 valence electrons. The minimum atomic E-state index is -3.76. The Hall–Kier alpha value is -1.42. The number of sulfonamides is 1. The smallest absolute Gasteiger partial charge is 0.265 e. The van der Waals surface area contributed by atoms with Gasteiger partial charge in [-0.15, -0.1) is 0 Å². The van der Waals surface area contributed by atoms with Gasteiger partial charge in [-0.3, -0.25) is 4.79 Å². The van der Waals surface area contributed by atoms with E-state index >= 15 is 0 Å². The van der Waals surface area contributed by atoms with Crippen LogP contribution in [-0.4, -0.2) is 20.4 Å². The molecule has 1 amide bonds. The molecule has 2 aromatic carbocycles. The van der Waals surface area contributed by atoms with Gasteiger partial charge in [-0.05, 0) is 65.3 Å². The van der Waals surface area contributed by atoms with Gasteiger partial charge in [0.15, 0.2) is 6.10 Å². The third-order valence-corrected chi connectivity index (χ3v) is 5.06. The second kappa shape index (κ2) is 7.64. The van der Waals surface area contributed by atoms with Gasteiger partial charge in [-0.25, -0.2) is 13.6 Å². The van der Waals surface area contributed by atoms with Gasteiger partial charge in [0.2, 0.25) is 10.0 Å². The van der Waals surface area contributed by atoms with Gasteiger partial charge in [-0.2, -0.15) is 0 Å². The van der Waals surface area contributed by atoms with E-state index in [1.807, 2.05) is 6.07 Å². The number of hydrogen-bond donors (Lipinski definition) is 2. The molecular weight excluding hydrogens is 464 g/mol. The molecule has 0 aliphatic heterocycles. The number of hydrogen-bond acceptors (Lipinski definition) is 4. The molecule has 0 heterocycles. The quantitative estimate of drug-likeness (QED) is 0.690. The summed E-state index contributed by atoms with van der Waals surface area (Å²) < 4.78 is 29.6. The van der Waals surface area contributed by atoms with Crippen LogP contribution in [0.25, 0.3) is 0 Å². The molecule has 0 spiro atoms. The number of nitrogens with one attached hydrogen (secondary N) is 1. The maximum absolute atomic E-state index is 12.2. The first-order valence-electron chi connectivity index (χ1n) is 6.72. The van der Waals surface area contributed by atoms with Crippen LogP contribution < -0.4 is 15.2 Å². The van der Waals surface area contributed by atoms with Crippen LogP contribution in [0.4, 0.5) is 5.69 Å². The molecule has 2 rings (SSSR count). The lowest BCUT2D eigenvalue weighted by atomic mass is 10.3. The van der Waals surface area contributed by atoms with E-state index in [4.69, 9.17) is 9.88 Å². The first-order valence-corrected chi connectivity index (χ1v) is 9.85. The number of halogens is 2. The average Bonchev–Trinajstić information content (AvgIpc) is 2.49. The zero-order valence-electron chi connectivity index (χ0n) is 12.5. The molecule has 0 fully saturated rings. The average molecular weight is 478 g/mol. The summed E-state index contributed by atoms with van der Waals surface area (Å²) in [6.45, 7) is 1.61. The second-order valence-electron chi connectivity index (χ2n) is 4.89. The predicted octanol–water partition coefficient (Wildman–Crippen LogP) is 3.27. The highest BCUT2D eigenvalue weighted by Crippen LogP contribution is 2.29. The van der Waals surface area contributed by atoms with Crippen molar-refractivity contribution in [2.45, 2.75) is 17.9 Å². The fraction of sp³-hybridized carbons (Fsp3) is 0.133. The normalized spacial score (nSPS) is 12.5. The first kappa shape index (κ1) is 18.9. The summed E-state index contributed by atoms with van der Waals surface area (Å²) >= 11 is 6.70. The van der Waals surface area contributed by atoms with Crippen molar-refractivity contribution < 1.29 is 17.9 Å². The van der Waals surface area contributed by atoms with E-state index in [0.717, 1.165) is 4.47 Å². The number of rotatable bonds is 5. The molecule has 0 aliphatic carbocycles. The highest BCUT2D eigenvalue weighted by Gasteiger charge is 2.17. The van der Waals surface area contributed by atoms with Crippen LogP contribution in [0, 0.1) is 0 Å². The van der Waals surface area contributed by atoms with Crippen molar-refractivity contribution in [3.63, 3.8) is 0 Å². The summed E-state index contributed by atoms with van der Waals surface area (Å²) in [5, 5.41) is 7.67. The highest BCUT2D eigenvalue weighted by atomic mass is 79.9. The molecule has 6 nitrogen and oxygen atoms in total. The van der Waals surface area contributed by atoms with Gasteiger partial charge in [0.05, 0.1) is 9.37 Å². The largest absolute Gasteiger partial charge is 0.480 e. The number of anilines is 1. The van der Waals surface area contributed by atoms with Crippen molar-refractivity contribution in [1.82, 2.24) is 0 Å². The van der Waals surface area contributed by atoms with E-state index in [-0.39, 0.29) is 10.8 Å². The lowest BCUT2D eigenvalue weighted by molar-refractivity contribution is -0.122. The maximum Gasteiger partial charge on any atom is 0.265 e. The first-order chi connectivity index (χ1) is 11.2. The fourth-order valence-electron chi connectivity index (χ4n) is 1.79. The lowest BCUT2D eigenvalue weighted by Gasteiger charge is -2.16. The zero-order chi connectivity index (χ0) is 17.9. The number of primary sulfonamides is 1. The van der Waals surface area contributed by atoms with E-state index in [0.29, 0.717) is 15.9 Å². The minimum Gasteiger partial charge on any atom is -0.480 e. The summed E-state index contributed by atoms with van der Waals surface area (Å²) in [6, 6.07) is 10.9. The summed E-state index contributed by atoms with van der Waals surface area (Å²) in [7, 11) is -3.76. The highest BCUT2D eigenvalue weighted by molar-refractivity contribution is 9.11. The Kier molecular flexibility index (Phi) is 6.02. The van der Waals surface area contributed by atoms with Crippen LogP contribution >= 0.6 is 31.9 Å². The van der Waals surface area contributed by atoms with Crippen LogP contribution in [0.1, 0.15) is 6.92 Å². The number of amides is 1. The van der Waals surface area contributed by atoms with Gasteiger partial charge < -0.3 is 10.1 Å². The molecular formula is C15H14Br2N2O4S. The summed E-state index contributed by atoms with van der Waals surface area (Å²) in [5.74, 6) is 0.165. The van der Waals surface area contributed by atoms with Gasteiger partial charge in [0.1, 0.15) is 5.75 Å². The SMILES string of the molecule is C[C@H](Oc1ccc(Br)cc1Br)C(=O)Nc1ccc(S(N)(=O)=O)cc1. The third-order valence-electron chi connectivity index (χ3n) is 3.02. The molecule has 1 atom stereocenters. The summed E-state index contributed by atoms with van der Waals surface area (Å²) in [4.78, 5) is 12.1. The van der Waals surface area contributed by atoms with Crippen molar-refractivity contribution in [3.8, 4) is 5.75 Å². The Balaban J connectivity index is 2.03. The van der Waals surface area contributed by atoms with Crippen LogP contribution in [-0.2, 0) is 14.8 Å². The minimum absolute atomic E-state index is 0.0245. The zero-order valence-corrected chi connectivity index (χ0v) is 16.5. The lowest BCUT2D eigenvalue weighted by Crippen LogP contribution is -2.30. The Bertz CT molecular complexity index is 854. The predicted molar refractivity (Wildman–Crippen MR) is 98.4 cm³/mol. The summed E-state index contributed by atoms with van der Waals surface area (Å²) in [5.41, 5.74) is 0.442. The summed E-state index contributed by atoms with van der Waals surface area (Å²) in [6.07, 6.45) is -0.750. The molecule has 0 aromatic heterocycles. The molecule has 0 aliphatic rings. The third kappa shape index (κ3) is 5.04. The van der Waals surface area contributed by atoms with Gasteiger partial charge in [0, 0.05) is 10.2 Å². The Labute approximate surface area is 156 Å². The number of ether oxygens (including phenoxy) is 1. The molecule has 0 saturated heterocycles. The van der Waals surface area contributed by atoms with Crippen molar-refractivity contribution in [1.29, 1.82) is 0 Å². The van der Waals surface area contributed by atoms with Gasteiger partial charge in [-0.1, -0.05) is 15.9 Å². The Morgan fingerprint density at radius 1 is 1.17 bits per heavy atom. The molecule has 9 heteroatoms. The van der Waals surface area contributed by atoms with Crippen LogP contribution in [0.5, 0.6) is 5.75 Å². The monoisotopic (exact) mass is 476 g/mol. The number of nitrogens with two attached hydrogens (primary N) is 1. The molecule has 0 saturated carbocycles. The number of benzene rings is 2. The van der Waals surface area contributed by atoms with Crippen molar-refractivity contribution in [3.05, 3.63) is 51.4 Å². The van der Waals surface area contributed by atoms with Crippen LogP contribution in [0.3, 0.4) is 0 Å². The second-order valence-corrected chi connectivity index (χ2v) is 8.22. The topological polar surface area (TPSA) is 98.5 Å². The number of carbonyl (C=O) groups excluding carboxylic acids is 1. The number of carbonyl (C=O) groups is 1. The molecule has 0 unspecified atom stereocenters. The Morgan fingerprint density at radius 2 is 1.79 bits per heavy atom. The molecule has 24 heavy (non-hydrogen) atoms. The van der Waals surface area contributed by atoms with Crippen molar-refractivity contribution >= 4 is 53.5 Å². The molecule has 2 aromatic rings. The molecule has 0 bridgehead atoms. The van der Waals surface area contributed by atoms with Gasteiger partial charge in [0.25, 0.3) is 5.91 Å². The maximum atomic E-state index is 12.2. The molecule has 3 N–H and O–H groups in total. The van der Waals surface area contributed by atoms with E-state index in [1.165, 1.54) is 24.3 Å². The molecule has 0 radical (unpaired) electrons. The van der Waals surface area contributed by atoms with Crippen LogP contribution in [0.2, 0.25) is 0 Å².